The third-order valence-electron chi connectivity index (χ3n) is 4.01. The van der Waals surface area contributed by atoms with E-state index in [0.29, 0.717) is 11.6 Å². The first-order chi connectivity index (χ1) is 12.3. The van der Waals surface area contributed by atoms with Gasteiger partial charge in [0, 0.05) is 30.0 Å². The fourth-order valence-electron chi connectivity index (χ4n) is 2.64. The number of nitrogens with zero attached hydrogens (tertiary/aromatic N) is 2. The van der Waals surface area contributed by atoms with Gasteiger partial charge in [-0.3, -0.25) is 4.90 Å². The Morgan fingerprint density at radius 3 is 2.84 bits per heavy atom. The van der Waals surface area contributed by atoms with E-state index in [9.17, 15) is 0 Å². The Labute approximate surface area is 157 Å². The van der Waals surface area contributed by atoms with Gasteiger partial charge in [0.15, 0.2) is 0 Å². The molecule has 2 aromatic rings. The summed E-state index contributed by atoms with van der Waals surface area (Å²) < 4.78 is 11.1. The first-order valence-corrected chi connectivity index (χ1v) is 9.88. The number of rotatable bonds is 9. The van der Waals surface area contributed by atoms with Crippen LogP contribution in [0.5, 0.6) is 5.75 Å². The Morgan fingerprint density at radius 2 is 2.04 bits per heavy atom. The second-order valence-electron chi connectivity index (χ2n) is 5.96. The molecule has 0 bridgehead atoms. The Bertz CT molecular complexity index is 630. The molecule has 136 valence electrons. The second kappa shape index (κ2) is 10.1. The molecule has 1 saturated heterocycles. The summed E-state index contributed by atoms with van der Waals surface area (Å²) in [5, 5.41) is 7.26. The predicted molar refractivity (Wildman–Crippen MR) is 101 cm³/mol. The van der Waals surface area contributed by atoms with E-state index in [0.717, 1.165) is 68.8 Å². The van der Waals surface area contributed by atoms with Gasteiger partial charge in [-0.15, -0.1) is 11.3 Å². The lowest BCUT2D eigenvalue weighted by Crippen LogP contribution is -2.37. The van der Waals surface area contributed by atoms with Crippen LogP contribution >= 0.6 is 22.9 Å². The summed E-state index contributed by atoms with van der Waals surface area (Å²) in [5.41, 5.74) is 1.08. The summed E-state index contributed by atoms with van der Waals surface area (Å²) in [5.74, 6) is 0.808. The SMILES string of the molecule is Clc1ccc(OCc2nc(CNCCCN3CCOCC3)cs2)cc1. The zero-order valence-electron chi connectivity index (χ0n) is 14.2. The van der Waals surface area contributed by atoms with Crippen LogP contribution in [-0.2, 0) is 17.9 Å². The van der Waals surface area contributed by atoms with Gasteiger partial charge in [0.25, 0.3) is 0 Å². The lowest BCUT2D eigenvalue weighted by Gasteiger charge is -2.26. The van der Waals surface area contributed by atoms with Crippen LogP contribution in [0.15, 0.2) is 29.6 Å². The molecule has 0 unspecified atom stereocenters. The first-order valence-electron chi connectivity index (χ1n) is 8.62. The Hall–Kier alpha value is -1.18. The maximum atomic E-state index is 5.87. The van der Waals surface area contributed by atoms with Gasteiger partial charge in [0.2, 0.25) is 0 Å². The molecule has 0 amide bonds. The van der Waals surface area contributed by atoms with E-state index in [4.69, 9.17) is 21.1 Å². The van der Waals surface area contributed by atoms with Crippen LogP contribution in [-0.4, -0.2) is 49.3 Å². The van der Waals surface area contributed by atoms with Crippen molar-refractivity contribution in [2.45, 2.75) is 19.6 Å². The van der Waals surface area contributed by atoms with Crippen LogP contribution in [0.2, 0.25) is 5.02 Å². The average molecular weight is 382 g/mol. The van der Waals surface area contributed by atoms with Crippen molar-refractivity contribution in [3.63, 3.8) is 0 Å². The highest BCUT2D eigenvalue weighted by atomic mass is 35.5. The molecule has 0 atom stereocenters. The van der Waals surface area contributed by atoms with Gasteiger partial charge >= 0.3 is 0 Å². The van der Waals surface area contributed by atoms with Gasteiger partial charge < -0.3 is 14.8 Å². The van der Waals surface area contributed by atoms with Crippen LogP contribution < -0.4 is 10.1 Å². The molecule has 1 aliphatic heterocycles. The van der Waals surface area contributed by atoms with Crippen molar-refractivity contribution in [3.8, 4) is 5.75 Å². The van der Waals surface area contributed by atoms with E-state index in [-0.39, 0.29) is 0 Å². The molecule has 7 heteroatoms. The molecule has 0 spiro atoms. The molecule has 1 aromatic carbocycles. The highest BCUT2D eigenvalue weighted by molar-refractivity contribution is 7.09. The zero-order chi connectivity index (χ0) is 17.3. The van der Waals surface area contributed by atoms with E-state index >= 15 is 0 Å². The van der Waals surface area contributed by atoms with Crippen LogP contribution in [0.1, 0.15) is 17.1 Å². The summed E-state index contributed by atoms with van der Waals surface area (Å²) >= 11 is 7.50. The fraction of sp³-hybridized carbons (Fsp3) is 0.500. The lowest BCUT2D eigenvalue weighted by atomic mass is 10.3. The topological polar surface area (TPSA) is 46.6 Å². The highest BCUT2D eigenvalue weighted by Crippen LogP contribution is 2.18. The van der Waals surface area contributed by atoms with Crippen molar-refractivity contribution in [1.29, 1.82) is 0 Å². The van der Waals surface area contributed by atoms with Crippen molar-refractivity contribution >= 4 is 22.9 Å². The van der Waals surface area contributed by atoms with Gasteiger partial charge in [-0.2, -0.15) is 0 Å². The molecule has 0 radical (unpaired) electrons. The molecule has 5 nitrogen and oxygen atoms in total. The number of nitrogens with one attached hydrogen (secondary N) is 1. The van der Waals surface area contributed by atoms with Gasteiger partial charge in [-0.05, 0) is 43.8 Å². The Balaban J connectivity index is 1.30. The first kappa shape index (κ1) is 18.6. The number of thiazole rings is 1. The second-order valence-corrected chi connectivity index (χ2v) is 7.34. The molecular formula is C18H24ClN3O2S. The number of hydrogen-bond donors (Lipinski definition) is 1. The summed E-state index contributed by atoms with van der Waals surface area (Å²) in [7, 11) is 0. The summed E-state index contributed by atoms with van der Waals surface area (Å²) in [6.45, 7) is 7.29. The van der Waals surface area contributed by atoms with E-state index in [1.54, 1.807) is 11.3 Å². The molecule has 25 heavy (non-hydrogen) atoms. The van der Waals surface area contributed by atoms with Gasteiger partial charge in [0.1, 0.15) is 17.4 Å². The summed E-state index contributed by atoms with van der Waals surface area (Å²) in [6.07, 6.45) is 1.15. The van der Waals surface area contributed by atoms with Crippen LogP contribution in [0.25, 0.3) is 0 Å². The third kappa shape index (κ3) is 6.56. The van der Waals surface area contributed by atoms with Crippen molar-refractivity contribution in [2.24, 2.45) is 0 Å². The quantitative estimate of drug-likeness (QED) is 0.676. The number of morpholine rings is 1. The molecule has 3 rings (SSSR count). The molecule has 2 heterocycles. The van der Waals surface area contributed by atoms with Crippen molar-refractivity contribution in [3.05, 3.63) is 45.4 Å². The smallest absolute Gasteiger partial charge is 0.140 e. The van der Waals surface area contributed by atoms with E-state index in [2.05, 4.69) is 20.6 Å². The fourth-order valence-corrected chi connectivity index (χ4v) is 3.47. The average Bonchev–Trinajstić information content (AvgIpc) is 3.10. The summed E-state index contributed by atoms with van der Waals surface area (Å²) in [6, 6.07) is 7.38. The van der Waals surface area contributed by atoms with E-state index in [1.807, 2.05) is 24.3 Å². The van der Waals surface area contributed by atoms with E-state index in [1.165, 1.54) is 0 Å². The van der Waals surface area contributed by atoms with Gasteiger partial charge in [0.05, 0.1) is 18.9 Å². The number of aromatic nitrogens is 1. The predicted octanol–water partition coefficient (Wildman–Crippen LogP) is 3.19. The third-order valence-corrected chi connectivity index (χ3v) is 5.14. The lowest BCUT2D eigenvalue weighted by molar-refractivity contribution is 0.0374. The molecule has 1 aliphatic rings. The normalized spacial score (nSPS) is 15.4. The minimum atomic E-state index is 0.489. The molecular weight excluding hydrogens is 358 g/mol. The molecule has 1 N–H and O–H groups in total. The maximum absolute atomic E-state index is 5.87. The number of hydrogen-bond acceptors (Lipinski definition) is 6. The largest absolute Gasteiger partial charge is 0.486 e. The molecule has 1 fully saturated rings. The zero-order valence-corrected chi connectivity index (χ0v) is 15.8. The molecule has 0 aliphatic carbocycles. The van der Waals surface area contributed by atoms with Crippen molar-refractivity contribution in [2.75, 3.05) is 39.4 Å². The van der Waals surface area contributed by atoms with Gasteiger partial charge in [-0.25, -0.2) is 4.98 Å². The van der Waals surface area contributed by atoms with Crippen LogP contribution in [0.3, 0.4) is 0 Å². The van der Waals surface area contributed by atoms with Crippen molar-refractivity contribution < 1.29 is 9.47 Å². The Morgan fingerprint density at radius 1 is 1.24 bits per heavy atom. The van der Waals surface area contributed by atoms with Crippen LogP contribution in [0, 0.1) is 0 Å². The maximum Gasteiger partial charge on any atom is 0.140 e. The molecule has 1 aromatic heterocycles. The summed E-state index contributed by atoms with van der Waals surface area (Å²) in [4.78, 5) is 7.07. The highest BCUT2D eigenvalue weighted by Gasteiger charge is 2.09. The Kier molecular flexibility index (Phi) is 7.51. The van der Waals surface area contributed by atoms with E-state index < -0.39 is 0 Å². The van der Waals surface area contributed by atoms with Crippen LogP contribution in [0.4, 0.5) is 0 Å². The number of halogens is 1. The van der Waals surface area contributed by atoms with Gasteiger partial charge in [-0.1, -0.05) is 11.6 Å². The molecule has 0 saturated carbocycles. The minimum absolute atomic E-state index is 0.489. The van der Waals surface area contributed by atoms with Crippen molar-refractivity contribution in [1.82, 2.24) is 15.2 Å². The monoisotopic (exact) mass is 381 g/mol. The number of benzene rings is 1. The standard InChI is InChI=1S/C18H24ClN3O2S/c19-15-2-4-17(5-3-15)24-13-18-21-16(14-25-18)12-20-6-1-7-22-8-10-23-11-9-22/h2-5,14,20H,1,6-13H2. The number of ether oxygens (including phenoxy) is 2. The minimum Gasteiger partial charge on any atom is -0.486 e.